The largest absolute Gasteiger partial charge is 0.322 e. The first-order chi connectivity index (χ1) is 18.4. The van der Waals surface area contributed by atoms with E-state index in [-0.39, 0.29) is 37.4 Å². The number of benzene rings is 4. The minimum absolute atomic E-state index is 0.000745. The average molecular weight is 609 g/mol. The molecule has 0 saturated heterocycles. The van der Waals surface area contributed by atoms with Gasteiger partial charge in [-0.05, 0) is 84.9 Å². The summed E-state index contributed by atoms with van der Waals surface area (Å²) < 4.78 is 68.2. The second-order valence-corrected chi connectivity index (χ2v) is 12.7. The molecule has 8 nitrogen and oxygen atoms in total. The molecule has 39 heavy (non-hydrogen) atoms. The van der Waals surface area contributed by atoms with Crippen LogP contribution in [0.25, 0.3) is 0 Å². The lowest BCUT2D eigenvalue weighted by atomic mass is 10.2. The van der Waals surface area contributed by atoms with Crippen LogP contribution in [0.1, 0.15) is 10.4 Å². The summed E-state index contributed by atoms with van der Waals surface area (Å²) >= 11 is 12.1. The van der Waals surface area contributed by atoms with E-state index in [2.05, 4.69) is 10.0 Å². The second-order valence-electron chi connectivity index (χ2n) is 8.18. The summed E-state index contributed by atoms with van der Waals surface area (Å²) in [5.74, 6) is -1.23. The van der Waals surface area contributed by atoms with Gasteiger partial charge >= 0.3 is 0 Å². The Balaban J connectivity index is 1.52. The molecule has 4 rings (SSSR count). The van der Waals surface area contributed by atoms with E-state index in [0.29, 0.717) is 5.02 Å². The van der Waals surface area contributed by atoms with E-state index in [9.17, 15) is 26.0 Å². The molecule has 13 heteroatoms. The summed E-state index contributed by atoms with van der Waals surface area (Å²) in [7, 11) is -6.74. The van der Waals surface area contributed by atoms with Gasteiger partial charge in [0.1, 0.15) is 5.82 Å². The van der Waals surface area contributed by atoms with E-state index >= 15 is 0 Å². The molecule has 0 aliphatic heterocycles. The third-order valence-corrected chi connectivity index (χ3v) is 9.27. The third-order valence-electron chi connectivity index (χ3n) is 5.53. The quantitative estimate of drug-likeness (QED) is 0.255. The van der Waals surface area contributed by atoms with Gasteiger partial charge in [-0.3, -0.25) is 13.8 Å². The highest BCUT2D eigenvalue weighted by atomic mass is 35.5. The first-order valence-electron chi connectivity index (χ1n) is 11.1. The van der Waals surface area contributed by atoms with Gasteiger partial charge in [0.15, 0.2) is 0 Å². The van der Waals surface area contributed by atoms with Crippen LogP contribution in [-0.4, -0.2) is 29.8 Å². The number of sulfonamides is 2. The maximum atomic E-state index is 13.3. The Morgan fingerprint density at radius 2 is 1.44 bits per heavy atom. The van der Waals surface area contributed by atoms with Crippen molar-refractivity contribution in [2.75, 3.05) is 21.4 Å². The highest BCUT2D eigenvalue weighted by Gasteiger charge is 2.24. The van der Waals surface area contributed by atoms with Crippen LogP contribution in [-0.2, 0) is 20.0 Å². The smallest absolute Gasteiger partial charge is 0.264 e. The molecule has 0 unspecified atom stereocenters. The molecule has 0 atom stereocenters. The molecule has 0 aromatic heterocycles. The normalized spacial score (nSPS) is 11.6. The van der Waals surface area contributed by atoms with Gasteiger partial charge in [-0.1, -0.05) is 29.3 Å². The van der Waals surface area contributed by atoms with Crippen LogP contribution in [0, 0.1) is 5.82 Å². The molecule has 0 heterocycles. The number of carbonyl (C=O) groups excluding carboxylic acids is 1. The predicted octanol–water partition coefficient (Wildman–Crippen LogP) is 6.01. The molecule has 0 aliphatic carbocycles. The minimum atomic E-state index is -4.11. The monoisotopic (exact) mass is 607 g/mol. The van der Waals surface area contributed by atoms with Crippen LogP contribution in [0.3, 0.4) is 0 Å². The van der Waals surface area contributed by atoms with Gasteiger partial charge in [-0.25, -0.2) is 21.2 Å². The van der Waals surface area contributed by atoms with E-state index in [4.69, 9.17) is 23.2 Å². The Bertz CT molecular complexity index is 1750. The van der Waals surface area contributed by atoms with Crippen molar-refractivity contribution in [1.82, 2.24) is 0 Å². The molecular formula is C26H20Cl2FN3O5S2. The molecule has 1 amide bonds. The first-order valence-corrected chi connectivity index (χ1v) is 14.8. The average Bonchev–Trinajstić information content (AvgIpc) is 2.89. The summed E-state index contributed by atoms with van der Waals surface area (Å²) in [4.78, 5) is 12.7. The van der Waals surface area contributed by atoms with E-state index < -0.39 is 31.8 Å². The number of carbonyl (C=O) groups is 1. The van der Waals surface area contributed by atoms with Crippen molar-refractivity contribution in [3.05, 3.63) is 112 Å². The number of amides is 1. The Kier molecular flexibility index (Phi) is 8.17. The first kappa shape index (κ1) is 28.4. The minimum Gasteiger partial charge on any atom is -0.322 e. The van der Waals surface area contributed by atoms with Gasteiger partial charge in [0.05, 0.1) is 31.8 Å². The fourth-order valence-electron chi connectivity index (χ4n) is 3.47. The Labute approximate surface area is 235 Å². The van der Waals surface area contributed by atoms with Crippen molar-refractivity contribution < 1.29 is 26.0 Å². The molecule has 0 radical (unpaired) electrons. The fraction of sp³-hybridized carbons (Fsp3) is 0.0385. The number of rotatable bonds is 8. The highest BCUT2D eigenvalue weighted by Crippen LogP contribution is 2.27. The molecule has 2 N–H and O–H groups in total. The third kappa shape index (κ3) is 6.51. The molecule has 4 aromatic rings. The summed E-state index contributed by atoms with van der Waals surface area (Å²) in [6.45, 7) is 0. The molecule has 0 saturated carbocycles. The van der Waals surface area contributed by atoms with Gasteiger partial charge in [-0.2, -0.15) is 0 Å². The number of halogens is 3. The van der Waals surface area contributed by atoms with E-state index in [0.717, 1.165) is 22.5 Å². The summed E-state index contributed by atoms with van der Waals surface area (Å²) in [5.41, 5.74) is 0.630. The molecule has 0 spiro atoms. The number of nitrogens with zero attached hydrogens (tertiary/aromatic N) is 1. The standard InChI is InChI=1S/C26H20Cl2FN3O5S2/c1-32(21-9-5-18(29)6-10-21)39(36,37)23-13-14-25(28)24(16-23)26(33)30-19-7-11-22(12-8-19)38(34,35)31-20-4-2-3-17(27)15-20/h2-16,31H,1H3,(H,30,33). The summed E-state index contributed by atoms with van der Waals surface area (Å²) in [5, 5.41) is 2.94. The maximum Gasteiger partial charge on any atom is 0.264 e. The van der Waals surface area contributed by atoms with E-state index in [1.54, 1.807) is 18.2 Å². The lowest BCUT2D eigenvalue weighted by Gasteiger charge is -2.20. The van der Waals surface area contributed by atoms with Crippen molar-refractivity contribution in [3.63, 3.8) is 0 Å². The van der Waals surface area contributed by atoms with Gasteiger partial charge in [0.25, 0.3) is 26.0 Å². The fourth-order valence-corrected chi connectivity index (χ4v) is 6.13. The summed E-state index contributed by atoms with van der Waals surface area (Å²) in [6.07, 6.45) is 0. The molecule has 0 aliphatic rings. The number of anilines is 3. The highest BCUT2D eigenvalue weighted by molar-refractivity contribution is 7.93. The molecule has 0 fully saturated rings. The van der Waals surface area contributed by atoms with Gasteiger partial charge in [-0.15, -0.1) is 0 Å². The lowest BCUT2D eigenvalue weighted by Crippen LogP contribution is -2.27. The van der Waals surface area contributed by atoms with Crippen molar-refractivity contribution >= 4 is 66.2 Å². The Hall–Kier alpha value is -3.64. The zero-order valence-corrected chi connectivity index (χ0v) is 23.2. The topological polar surface area (TPSA) is 113 Å². The van der Waals surface area contributed by atoms with Crippen LogP contribution < -0.4 is 14.3 Å². The van der Waals surface area contributed by atoms with Crippen molar-refractivity contribution in [2.45, 2.75) is 9.79 Å². The van der Waals surface area contributed by atoms with Crippen LogP contribution in [0.4, 0.5) is 21.5 Å². The van der Waals surface area contributed by atoms with Crippen molar-refractivity contribution in [1.29, 1.82) is 0 Å². The zero-order valence-electron chi connectivity index (χ0n) is 20.1. The SMILES string of the molecule is CN(c1ccc(F)cc1)S(=O)(=O)c1ccc(Cl)c(C(=O)Nc2ccc(S(=O)(=O)Nc3cccc(Cl)c3)cc2)c1. The van der Waals surface area contributed by atoms with E-state index in [1.165, 1.54) is 61.6 Å². The van der Waals surface area contributed by atoms with Gasteiger partial charge < -0.3 is 5.32 Å². The van der Waals surface area contributed by atoms with Crippen LogP contribution in [0.5, 0.6) is 0 Å². The van der Waals surface area contributed by atoms with Crippen LogP contribution in [0.15, 0.2) is 101 Å². The second kappa shape index (κ2) is 11.2. The van der Waals surface area contributed by atoms with Crippen LogP contribution in [0.2, 0.25) is 10.0 Å². The van der Waals surface area contributed by atoms with E-state index in [1.807, 2.05) is 0 Å². The summed E-state index contributed by atoms with van der Waals surface area (Å²) in [6, 6.07) is 20.1. The maximum absolute atomic E-state index is 13.3. The van der Waals surface area contributed by atoms with Crippen molar-refractivity contribution in [3.8, 4) is 0 Å². The Morgan fingerprint density at radius 1 is 0.795 bits per heavy atom. The predicted molar refractivity (Wildman–Crippen MR) is 150 cm³/mol. The molecule has 4 aromatic carbocycles. The molecular weight excluding hydrogens is 588 g/mol. The van der Waals surface area contributed by atoms with Crippen molar-refractivity contribution in [2.24, 2.45) is 0 Å². The number of hydrogen-bond donors (Lipinski definition) is 2. The van der Waals surface area contributed by atoms with Gasteiger partial charge in [0, 0.05) is 17.8 Å². The number of nitrogens with one attached hydrogen (secondary N) is 2. The van der Waals surface area contributed by atoms with Gasteiger partial charge in [0.2, 0.25) is 0 Å². The molecule has 0 bridgehead atoms. The zero-order chi connectivity index (χ0) is 28.4. The Morgan fingerprint density at radius 3 is 2.08 bits per heavy atom. The molecule has 202 valence electrons. The number of hydrogen-bond acceptors (Lipinski definition) is 5. The lowest BCUT2D eigenvalue weighted by molar-refractivity contribution is 0.102. The van der Waals surface area contributed by atoms with Crippen LogP contribution >= 0.6 is 23.2 Å².